The fourth-order valence-electron chi connectivity index (χ4n) is 1.73. The van der Waals surface area contributed by atoms with E-state index < -0.39 is 16.8 Å². The first kappa shape index (κ1) is 14.9. The fraction of sp³-hybridized carbons (Fsp3) is 0.308. The Morgan fingerprint density at radius 3 is 3.00 bits per heavy atom. The van der Waals surface area contributed by atoms with Crippen LogP contribution in [0.15, 0.2) is 30.6 Å². The smallest absolute Gasteiger partial charge is 0.306 e. The van der Waals surface area contributed by atoms with E-state index in [1.807, 2.05) is 0 Å². The fourth-order valence-corrected chi connectivity index (χ4v) is 1.73. The van der Waals surface area contributed by atoms with Crippen molar-refractivity contribution in [3.63, 3.8) is 0 Å². The van der Waals surface area contributed by atoms with E-state index in [9.17, 15) is 19.6 Å². The summed E-state index contributed by atoms with van der Waals surface area (Å²) in [5.41, 5.74) is 0.289. The van der Waals surface area contributed by atoms with Gasteiger partial charge in [0.2, 0.25) is 0 Å². The number of rotatable bonds is 6. The Bertz CT molecular complexity index is 644. The molecule has 21 heavy (non-hydrogen) atoms. The van der Waals surface area contributed by atoms with Crippen molar-refractivity contribution in [3.05, 3.63) is 52.1 Å². The van der Waals surface area contributed by atoms with Crippen LogP contribution in [0.2, 0.25) is 0 Å². The van der Waals surface area contributed by atoms with Crippen LogP contribution in [-0.4, -0.2) is 32.5 Å². The number of hydrogen-bond donors (Lipinski definition) is 1. The molecule has 112 valence electrons. The largest absolute Gasteiger partial charge is 0.488 e. The van der Waals surface area contributed by atoms with E-state index in [-0.39, 0.29) is 24.6 Å². The lowest BCUT2D eigenvalue weighted by Crippen LogP contribution is -2.24. The molecule has 1 aromatic carbocycles. The van der Waals surface area contributed by atoms with Gasteiger partial charge in [-0.05, 0) is 18.6 Å². The second-order valence-electron chi connectivity index (χ2n) is 4.53. The number of ether oxygens (including phenoxy) is 1. The third kappa shape index (κ3) is 3.76. The van der Waals surface area contributed by atoms with Gasteiger partial charge in [-0.3, -0.25) is 14.8 Å². The van der Waals surface area contributed by atoms with E-state index in [2.05, 4.69) is 5.10 Å². The number of nitro groups is 1. The minimum absolute atomic E-state index is 0.0152. The molecule has 0 bridgehead atoms. The molecule has 0 saturated carbocycles. The van der Waals surface area contributed by atoms with E-state index in [1.165, 1.54) is 16.9 Å². The van der Waals surface area contributed by atoms with E-state index in [1.54, 1.807) is 19.1 Å². The molecule has 0 spiro atoms. The molecule has 8 heteroatoms. The number of aliphatic hydroxyl groups excluding tert-OH is 1. The summed E-state index contributed by atoms with van der Waals surface area (Å²) in [6.07, 6.45) is 1.33. The predicted octanol–water partition coefficient (Wildman–Crippen LogP) is 1.68. The van der Waals surface area contributed by atoms with Crippen LogP contribution in [0.4, 0.5) is 10.1 Å². The third-order valence-corrected chi connectivity index (χ3v) is 2.82. The Hall–Kier alpha value is -2.48. The highest BCUT2D eigenvalue weighted by atomic mass is 19.1. The number of halogens is 1. The molecule has 0 radical (unpaired) electrons. The SMILES string of the molecule is Cc1cccc(OCC(O)Cn2cc([N+](=O)[O-])cn2)c1F. The number of nitrogens with zero attached hydrogens (tertiary/aromatic N) is 3. The van der Waals surface area contributed by atoms with Crippen LogP contribution in [0.3, 0.4) is 0 Å². The Morgan fingerprint density at radius 2 is 2.33 bits per heavy atom. The van der Waals surface area contributed by atoms with Gasteiger partial charge >= 0.3 is 5.69 Å². The van der Waals surface area contributed by atoms with Gasteiger partial charge in [-0.1, -0.05) is 12.1 Å². The molecule has 0 aliphatic heterocycles. The molecule has 0 aliphatic rings. The summed E-state index contributed by atoms with van der Waals surface area (Å²) in [6, 6.07) is 4.73. The summed E-state index contributed by atoms with van der Waals surface area (Å²) >= 11 is 0. The lowest BCUT2D eigenvalue weighted by atomic mass is 10.2. The minimum Gasteiger partial charge on any atom is -0.488 e. The van der Waals surface area contributed by atoms with Gasteiger partial charge in [0, 0.05) is 0 Å². The summed E-state index contributed by atoms with van der Waals surface area (Å²) in [5.74, 6) is -0.417. The number of hydrogen-bond acceptors (Lipinski definition) is 5. The molecular formula is C13H14FN3O4. The van der Waals surface area contributed by atoms with Crippen LogP contribution in [0.5, 0.6) is 5.75 Å². The molecule has 0 saturated heterocycles. The van der Waals surface area contributed by atoms with Gasteiger partial charge in [0.15, 0.2) is 11.6 Å². The maximum absolute atomic E-state index is 13.7. The Kier molecular flexibility index (Phi) is 4.49. The number of aromatic nitrogens is 2. The second kappa shape index (κ2) is 6.31. The highest BCUT2D eigenvalue weighted by Crippen LogP contribution is 2.19. The van der Waals surface area contributed by atoms with Crippen LogP contribution >= 0.6 is 0 Å². The van der Waals surface area contributed by atoms with Crippen LogP contribution < -0.4 is 4.74 Å². The van der Waals surface area contributed by atoms with Crippen LogP contribution in [0.1, 0.15) is 5.56 Å². The Morgan fingerprint density at radius 1 is 1.57 bits per heavy atom. The topological polar surface area (TPSA) is 90.4 Å². The van der Waals surface area contributed by atoms with Crippen molar-refractivity contribution in [1.82, 2.24) is 9.78 Å². The number of benzene rings is 1. The van der Waals surface area contributed by atoms with Crippen molar-refractivity contribution in [1.29, 1.82) is 0 Å². The average molecular weight is 295 g/mol. The summed E-state index contributed by atoms with van der Waals surface area (Å²) < 4.78 is 20.1. The molecular weight excluding hydrogens is 281 g/mol. The molecule has 0 aliphatic carbocycles. The first-order chi connectivity index (χ1) is 9.97. The molecule has 1 unspecified atom stereocenters. The van der Waals surface area contributed by atoms with Gasteiger partial charge in [0.25, 0.3) is 0 Å². The van der Waals surface area contributed by atoms with E-state index in [0.717, 1.165) is 6.20 Å². The van der Waals surface area contributed by atoms with E-state index >= 15 is 0 Å². The van der Waals surface area contributed by atoms with Gasteiger partial charge < -0.3 is 9.84 Å². The Labute approximate surface area is 119 Å². The third-order valence-electron chi connectivity index (χ3n) is 2.82. The van der Waals surface area contributed by atoms with Crippen LogP contribution in [-0.2, 0) is 6.54 Å². The summed E-state index contributed by atoms with van der Waals surface area (Å²) in [5, 5.41) is 24.0. The van der Waals surface area contributed by atoms with Gasteiger partial charge in [-0.25, -0.2) is 4.39 Å². The zero-order chi connectivity index (χ0) is 15.4. The summed E-state index contributed by atoms with van der Waals surface area (Å²) in [6.45, 7) is 1.48. The van der Waals surface area contributed by atoms with Crippen LogP contribution in [0, 0.1) is 22.9 Å². The maximum atomic E-state index is 13.7. The van der Waals surface area contributed by atoms with Crippen molar-refractivity contribution >= 4 is 5.69 Å². The minimum atomic E-state index is -0.968. The van der Waals surface area contributed by atoms with Crippen molar-refractivity contribution in [2.45, 2.75) is 19.6 Å². The predicted molar refractivity (Wildman–Crippen MR) is 71.5 cm³/mol. The van der Waals surface area contributed by atoms with Crippen molar-refractivity contribution in [2.75, 3.05) is 6.61 Å². The first-order valence-electron chi connectivity index (χ1n) is 6.20. The molecule has 1 N–H and O–H groups in total. The molecule has 1 aromatic heterocycles. The Balaban J connectivity index is 1.91. The number of aryl methyl sites for hydroxylation is 1. The molecule has 0 amide bonds. The van der Waals surface area contributed by atoms with Gasteiger partial charge in [0.1, 0.15) is 25.1 Å². The van der Waals surface area contributed by atoms with Gasteiger partial charge in [-0.2, -0.15) is 5.10 Å². The quantitative estimate of drug-likeness (QED) is 0.646. The highest BCUT2D eigenvalue weighted by molar-refractivity contribution is 5.30. The van der Waals surface area contributed by atoms with Crippen molar-refractivity contribution in [2.24, 2.45) is 0 Å². The van der Waals surface area contributed by atoms with E-state index in [4.69, 9.17) is 4.74 Å². The lowest BCUT2D eigenvalue weighted by Gasteiger charge is -2.13. The molecule has 2 rings (SSSR count). The molecule has 0 fully saturated rings. The molecule has 1 atom stereocenters. The maximum Gasteiger partial charge on any atom is 0.306 e. The molecule has 1 heterocycles. The second-order valence-corrected chi connectivity index (χ2v) is 4.53. The molecule has 7 nitrogen and oxygen atoms in total. The summed E-state index contributed by atoms with van der Waals surface area (Å²) in [4.78, 5) is 9.93. The van der Waals surface area contributed by atoms with E-state index in [0.29, 0.717) is 5.56 Å². The first-order valence-corrected chi connectivity index (χ1v) is 6.20. The van der Waals surface area contributed by atoms with Gasteiger partial charge in [0.05, 0.1) is 11.5 Å². The normalized spacial score (nSPS) is 12.1. The summed E-state index contributed by atoms with van der Waals surface area (Å²) in [7, 11) is 0. The number of aliphatic hydroxyl groups is 1. The average Bonchev–Trinajstić information content (AvgIpc) is 2.89. The standard InChI is InChI=1S/C13H14FN3O4/c1-9-3-2-4-12(13(9)14)21-8-11(18)7-16-6-10(5-15-16)17(19)20/h2-6,11,18H,7-8H2,1H3. The monoisotopic (exact) mass is 295 g/mol. The highest BCUT2D eigenvalue weighted by Gasteiger charge is 2.13. The van der Waals surface area contributed by atoms with Crippen LogP contribution in [0.25, 0.3) is 0 Å². The zero-order valence-electron chi connectivity index (χ0n) is 11.3. The van der Waals surface area contributed by atoms with Crippen molar-refractivity contribution < 1.29 is 19.2 Å². The molecule has 2 aromatic rings. The zero-order valence-corrected chi connectivity index (χ0v) is 11.3. The van der Waals surface area contributed by atoms with Gasteiger partial charge in [-0.15, -0.1) is 0 Å². The van der Waals surface area contributed by atoms with Crippen molar-refractivity contribution in [3.8, 4) is 5.75 Å². The lowest BCUT2D eigenvalue weighted by molar-refractivity contribution is -0.385.